The molecule has 2 aliphatic carbocycles. The lowest BCUT2D eigenvalue weighted by atomic mass is 9.72. The molecule has 0 aliphatic heterocycles. The molecule has 0 spiro atoms. The molecule has 0 heterocycles. The Morgan fingerprint density at radius 3 is 2.25 bits per heavy atom. The van der Waals surface area contributed by atoms with Crippen molar-refractivity contribution in [3.63, 3.8) is 0 Å². The number of benzene rings is 1. The van der Waals surface area contributed by atoms with E-state index in [0.29, 0.717) is 5.16 Å². The predicted octanol–water partition coefficient (Wildman–Crippen LogP) is 6.50. The van der Waals surface area contributed by atoms with Crippen molar-refractivity contribution in [2.24, 2.45) is 5.92 Å². The SMILES string of the molecule is PCCC(C[C]1CCCCC1)(Pc1ccccc1)C1CCCCC1. The van der Waals surface area contributed by atoms with E-state index >= 15 is 0 Å². The van der Waals surface area contributed by atoms with Gasteiger partial charge in [0.1, 0.15) is 0 Å². The first kappa shape index (κ1) is 18.9. The van der Waals surface area contributed by atoms with Crippen LogP contribution < -0.4 is 5.30 Å². The van der Waals surface area contributed by atoms with Gasteiger partial charge in [0.2, 0.25) is 0 Å². The van der Waals surface area contributed by atoms with E-state index in [1.165, 1.54) is 83.2 Å². The van der Waals surface area contributed by atoms with Gasteiger partial charge in [-0.1, -0.05) is 77.4 Å². The van der Waals surface area contributed by atoms with Crippen molar-refractivity contribution in [2.75, 3.05) is 6.16 Å². The Hall–Kier alpha value is 0.0800. The average Bonchev–Trinajstić information content (AvgIpc) is 2.64. The van der Waals surface area contributed by atoms with Gasteiger partial charge < -0.3 is 0 Å². The lowest BCUT2D eigenvalue weighted by molar-refractivity contribution is 0.255. The second-order valence-electron chi connectivity index (χ2n) is 8.01. The van der Waals surface area contributed by atoms with Crippen molar-refractivity contribution in [2.45, 2.75) is 82.2 Å². The Morgan fingerprint density at radius 2 is 1.58 bits per heavy atom. The van der Waals surface area contributed by atoms with E-state index in [2.05, 4.69) is 39.6 Å². The van der Waals surface area contributed by atoms with Crippen LogP contribution in [0.15, 0.2) is 30.3 Å². The molecule has 0 N–H and O–H groups in total. The van der Waals surface area contributed by atoms with Crippen LogP contribution in [0.5, 0.6) is 0 Å². The van der Waals surface area contributed by atoms with E-state index in [4.69, 9.17) is 0 Å². The molecule has 0 bridgehead atoms. The first-order chi connectivity index (χ1) is 11.8. The molecule has 1 aromatic rings. The monoisotopic (exact) mass is 361 g/mol. The van der Waals surface area contributed by atoms with E-state index in [-0.39, 0.29) is 0 Å². The van der Waals surface area contributed by atoms with Crippen LogP contribution in [-0.2, 0) is 0 Å². The maximum Gasteiger partial charge on any atom is -0.00447 e. The largest absolute Gasteiger partial charge is 0.138 e. The summed E-state index contributed by atoms with van der Waals surface area (Å²) in [5, 5.41) is 2.15. The fraction of sp³-hybridized carbons (Fsp3) is 0.682. The van der Waals surface area contributed by atoms with Crippen molar-refractivity contribution < 1.29 is 0 Å². The first-order valence-corrected chi connectivity index (χ1v) is 12.0. The summed E-state index contributed by atoms with van der Waals surface area (Å²) < 4.78 is 0. The Morgan fingerprint density at radius 1 is 0.917 bits per heavy atom. The lowest BCUT2D eigenvalue weighted by Crippen LogP contribution is -2.39. The highest BCUT2D eigenvalue weighted by atomic mass is 31.1. The Bertz CT molecular complexity index is 460. The topological polar surface area (TPSA) is 0 Å². The molecule has 2 saturated carbocycles. The van der Waals surface area contributed by atoms with Gasteiger partial charge in [-0.25, -0.2) is 0 Å². The van der Waals surface area contributed by atoms with Crippen molar-refractivity contribution in [1.29, 1.82) is 0 Å². The van der Waals surface area contributed by atoms with Gasteiger partial charge in [0.25, 0.3) is 0 Å². The third-order valence-electron chi connectivity index (χ3n) is 6.27. The molecule has 2 fully saturated rings. The van der Waals surface area contributed by atoms with Crippen molar-refractivity contribution in [1.82, 2.24) is 0 Å². The molecule has 1 aromatic carbocycles. The summed E-state index contributed by atoms with van der Waals surface area (Å²) in [6.45, 7) is 0. The molecule has 3 atom stereocenters. The van der Waals surface area contributed by atoms with Crippen LogP contribution in [0.4, 0.5) is 0 Å². The van der Waals surface area contributed by atoms with Gasteiger partial charge in [0.15, 0.2) is 0 Å². The Labute approximate surface area is 154 Å². The standard InChI is InChI=1S/C22H35P2/c23-17-16-22(20-12-6-2-7-13-20,18-19-10-4-1-5-11-19)24-21-14-8-3-9-15-21/h3,8-9,14-15,20,24H,1-2,4-7,10-13,16-18,23H2. The third-order valence-corrected chi connectivity index (χ3v) is 8.51. The smallest absolute Gasteiger partial charge is 0.00447 e. The zero-order valence-electron chi connectivity index (χ0n) is 15.2. The minimum absolute atomic E-state index is 0.552. The maximum atomic E-state index is 3.04. The zero-order valence-corrected chi connectivity index (χ0v) is 17.4. The normalized spacial score (nSPS) is 23.5. The average molecular weight is 361 g/mol. The van der Waals surface area contributed by atoms with Crippen LogP contribution in [0.2, 0.25) is 0 Å². The van der Waals surface area contributed by atoms with Gasteiger partial charge in [0.05, 0.1) is 0 Å². The van der Waals surface area contributed by atoms with E-state index in [0.717, 1.165) is 14.5 Å². The van der Waals surface area contributed by atoms with Crippen LogP contribution >= 0.6 is 17.8 Å². The van der Waals surface area contributed by atoms with Crippen LogP contribution in [0.25, 0.3) is 0 Å². The quantitative estimate of drug-likeness (QED) is 0.486. The summed E-state index contributed by atoms with van der Waals surface area (Å²) in [4.78, 5) is 0. The molecule has 133 valence electrons. The molecule has 24 heavy (non-hydrogen) atoms. The van der Waals surface area contributed by atoms with E-state index in [1.807, 2.05) is 5.92 Å². The van der Waals surface area contributed by atoms with Crippen LogP contribution in [0.1, 0.15) is 77.0 Å². The molecule has 0 aromatic heterocycles. The zero-order chi connectivity index (χ0) is 16.7. The molecule has 2 aliphatic rings. The number of hydrogen-bond acceptors (Lipinski definition) is 0. The highest BCUT2D eigenvalue weighted by molar-refractivity contribution is 7.49. The molecule has 3 unspecified atom stereocenters. The highest BCUT2D eigenvalue weighted by Crippen LogP contribution is 2.53. The molecular weight excluding hydrogens is 326 g/mol. The molecular formula is C22H35P2. The highest BCUT2D eigenvalue weighted by Gasteiger charge is 2.40. The summed E-state index contributed by atoms with van der Waals surface area (Å²) in [6, 6.07) is 11.4. The molecule has 0 nitrogen and oxygen atoms in total. The third kappa shape index (κ3) is 5.05. The molecule has 0 saturated heterocycles. The maximum absolute atomic E-state index is 3.04. The molecule has 3 rings (SSSR count). The molecule has 2 heteroatoms. The van der Waals surface area contributed by atoms with Crippen LogP contribution in [-0.4, -0.2) is 11.3 Å². The first-order valence-electron chi connectivity index (χ1n) is 10.2. The number of hydrogen-bond donors (Lipinski definition) is 0. The van der Waals surface area contributed by atoms with Gasteiger partial charge >= 0.3 is 0 Å². The van der Waals surface area contributed by atoms with Gasteiger partial charge in [0, 0.05) is 0 Å². The minimum atomic E-state index is 0.552. The predicted molar refractivity (Wildman–Crippen MR) is 114 cm³/mol. The Kier molecular flexibility index (Phi) is 7.61. The van der Waals surface area contributed by atoms with E-state index < -0.39 is 0 Å². The van der Waals surface area contributed by atoms with Crippen molar-refractivity contribution in [3.05, 3.63) is 36.2 Å². The summed E-state index contributed by atoms with van der Waals surface area (Å²) in [5.74, 6) is 2.87. The van der Waals surface area contributed by atoms with Crippen LogP contribution in [0.3, 0.4) is 0 Å². The fourth-order valence-corrected chi connectivity index (χ4v) is 7.88. The summed E-state index contributed by atoms with van der Waals surface area (Å²) in [5.41, 5.74) is 0. The van der Waals surface area contributed by atoms with Gasteiger partial charge in [-0.3, -0.25) is 0 Å². The fourth-order valence-electron chi connectivity index (χ4n) is 5.04. The minimum Gasteiger partial charge on any atom is -0.138 e. The second-order valence-corrected chi connectivity index (χ2v) is 10.4. The number of rotatable bonds is 7. The van der Waals surface area contributed by atoms with Crippen molar-refractivity contribution in [3.8, 4) is 0 Å². The van der Waals surface area contributed by atoms with Crippen LogP contribution in [0, 0.1) is 11.8 Å². The van der Waals surface area contributed by atoms with Gasteiger partial charge in [-0.2, -0.15) is 0 Å². The summed E-state index contributed by atoms with van der Waals surface area (Å²) in [6.07, 6.45) is 18.7. The van der Waals surface area contributed by atoms with Gasteiger partial charge in [-0.05, 0) is 67.0 Å². The second kappa shape index (κ2) is 9.69. The van der Waals surface area contributed by atoms with E-state index in [1.54, 1.807) is 5.30 Å². The Balaban J connectivity index is 1.82. The van der Waals surface area contributed by atoms with Crippen molar-refractivity contribution >= 4 is 23.1 Å². The molecule has 1 radical (unpaired) electrons. The van der Waals surface area contributed by atoms with Gasteiger partial charge in [-0.15, -0.1) is 9.24 Å². The summed E-state index contributed by atoms with van der Waals surface area (Å²) >= 11 is 0. The molecule has 0 amide bonds. The lowest BCUT2D eigenvalue weighted by Gasteiger charge is -2.46. The van der Waals surface area contributed by atoms with E-state index in [9.17, 15) is 0 Å². The summed E-state index contributed by atoms with van der Waals surface area (Å²) in [7, 11) is 4.04.